The molecule has 0 spiro atoms. The van der Waals surface area contributed by atoms with Gasteiger partial charge >= 0.3 is 5.97 Å². The predicted octanol–water partition coefficient (Wildman–Crippen LogP) is 3.10. The number of imidazole rings is 1. The van der Waals surface area contributed by atoms with Gasteiger partial charge in [-0.05, 0) is 25.0 Å². The van der Waals surface area contributed by atoms with Crippen molar-refractivity contribution in [1.29, 1.82) is 0 Å². The maximum Gasteiger partial charge on any atom is 0.306 e. The highest BCUT2D eigenvalue weighted by atomic mass is 16.4. The summed E-state index contributed by atoms with van der Waals surface area (Å²) in [5, 5.41) is 8.95. The number of rotatable bonds is 6. The van der Waals surface area contributed by atoms with Gasteiger partial charge in [0.1, 0.15) is 5.82 Å². The van der Waals surface area contributed by atoms with Crippen molar-refractivity contribution in [2.24, 2.45) is 5.92 Å². The van der Waals surface area contributed by atoms with E-state index in [-0.39, 0.29) is 5.92 Å². The van der Waals surface area contributed by atoms with Crippen LogP contribution in [0.2, 0.25) is 0 Å². The lowest BCUT2D eigenvalue weighted by Crippen LogP contribution is -2.12. The molecule has 0 radical (unpaired) electrons. The second-order valence-electron chi connectivity index (χ2n) is 4.95. The summed E-state index contributed by atoms with van der Waals surface area (Å²) in [6.45, 7) is 4.81. The molecule has 0 aliphatic rings. The van der Waals surface area contributed by atoms with Crippen LogP contribution in [-0.4, -0.2) is 20.6 Å². The Morgan fingerprint density at radius 3 is 2.84 bits per heavy atom. The molecule has 0 bridgehead atoms. The molecular weight excluding hydrogens is 240 g/mol. The Labute approximate surface area is 113 Å². The number of hydrogen-bond donors (Lipinski definition) is 1. The van der Waals surface area contributed by atoms with Gasteiger partial charge in [-0.15, -0.1) is 0 Å². The molecule has 0 aliphatic carbocycles. The number of aromatic nitrogens is 2. The number of aryl methyl sites for hydroxylation is 2. The molecule has 1 unspecified atom stereocenters. The van der Waals surface area contributed by atoms with E-state index in [9.17, 15) is 4.79 Å². The van der Waals surface area contributed by atoms with E-state index in [2.05, 4.69) is 22.5 Å². The second kappa shape index (κ2) is 5.87. The van der Waals surface area contributed by atoms with E-state index >= 15 is 0 Å². The topological polar surface area (TPSA) is 55.1 Å². The number of carboxylic acid groups (broad SMARTS) is 1. The number of nitrogens with zero attached hydrogens (tertiary/aromatic N) is 2. The van der Waals surface area contributed by atoms with Gasteiger partial charge in [0.2, 0.25) is 0 Å². The smallest absolute Gasteiger partial charge is 0.306 e. The predicted molar refractivity (Wildman–Crippen MR) is 75.1 cm³/mol. The quantitative estimate of drug-likeness (QED) is 0.868. The van der Waals surface area contributed by atoms with Crippen LogP contribution >= 0.6 is 0 Å². The summed E-state index contributed by atoms with van der Waals surface area (Å²) in [7, 11) is 0. The summed E-state index contributed by atoms with van der Waals surface area (Å²) in [6.07, 6.45) is 2.38. The first-order chi connectivity index (χ1) is 9.13. The lowest BCUT2D eigenvalue weighted by molar-refractivity contribution is -0.141. The number of fused-ring (bicyclic) bond motifs is 1. The lowest BCUT2D eigenvalue weighted by Gasteiger charge is -2.09. The summed E-state index contributed by atoms with van der Waals surface area (Å²) < 4.78 is 2.21. The monoisotopic (exact) mass is 260 g/mol. The zero-order chi connectivity index (χ0) is 13.8. The Bertz CT molecular complexity index is 575. The van der Waals surface area contributed by atoms with Crippen molar-refractivity contribution in [3.8, 4) is 0 Å². The summed E-state index contributed by atoms with van der Waals surface area (Å²) in [5.74, 6) is -0.0656. The highest BCUT2D eigenvalue weighted by Gasteiger charge is 2.14. The van der Waals surface area contributed by atoms with Crippen LogP contribution in [0.5, 0.6) is 0 Å². The normalized spacial score (nSPS) is 12.7. The molecule has 1 aromatic heterocycles. The van der Waals surface area contributed by atoms with Gasteiger partial charge in [0, 0.05) is 13.0 Å². The molecule has 0 amide bonds. The standard InChI is InChI=1S/C15H20N2O2/c1-3-10-17-13-7-5-4-6-12(13)16-14(17)9-8-11(2)15(18)19/h4-7,11H,3,8-10H2,1-2H3,(H,18,19). The average Bonchev–Trinajstić information content (AvgIpc) is 2.75. The SMILES string of the molecule is CCCn1c(CCC(C)C(=O)O)nc2ccccc21. The first kappa shape index (κ1) is 13.6. The van der Waals surface area contributed by atoms with Crippen molar-refractivity contribution in [1.82, 2.24) is 9.55 Å². The van der Waals surface area contributed by atoms with Crippen molar-refractivity contribution in [3.63, 3.8) is 0 Å². The number of hydrogen-bond acceptors (Lipinski definition) is 2. The minimum Gasteiger partial charge on any atom is -0.481 e. The van der Waals surface area contributed by atoms with Gasteiger partial charge in [-0.3, -0.25) is 4.79 Å². The number of para-hydroxylation sites is 2. The largest absolute Gasteiger partial charge is 0.481 e. The van der Waals surface area contributed by atoms with Gasteiger partial charge in [-0.1, -0.05) is 26.0 Å². The third-order valence-corrected chi connectivity index (χ3v) is 3.40. The van der Waals surface area contributed by atoms with Crippen molar-refractivity contribution >= 4 is 17.0 Å². The Balaban J connectivity index is 2.26. The first-order valence-corrected chi connectivity index (χ1v) is 6.80. The highest BCUT2D eigenvalue weighted by molar-refractivity contribution is 5.76. The highest BCUT2D eigenvalue weighted by Crippen LogP contribution is 2.19. The minimum absolute atomic E-state index is 0.324. The van der Waals surface area contributed by atoms with Gasteiger partial charge < -0.3 is 9.67 Å². The molecule has 1 heterocycles. The fourth-order valence-corrected chi connectivity index (χ4v) is 2.26. The molecule has 0 saturated carbocycles. The fraction of sp³-hybridized carbons (Fsp3) is 0.467. The number of carboxylic acids is 1. The Kier molecular flexibility index (Phi) is 4.20. The molecule has 4 nitrogen and oxygen atoms in total. The van der Waals surface area contributed by atoms with Crippen LogP contribution in [0.25, 0.3) is 11.0 Å². The lowest BCUT2D eigenvalue weighted by atomic mass is 10.1. The number of carbonyl (C=O) groups is 1. The van der Waals surface area contributed by atoms with Crippen LogP contribution in [0.1, 0.15) is 32.5 Å². The van der Waals surface area contributed by atoms with Crippen LogP contribution in [0.15, 0.2) is 24.3 Å². The third kappa shape index (κ3) is 2.95. The van der Waals surface area contributed by atoms with Gasteiger partial charge in [0.25, 0.3) is 0 Å². The van der Waals surface area contributed by atoms with E-state index in [1.165, 1.54) is 0 Å². The van der Waals surface area contributed by atoms with Crippen molar-refractivity contribution in [3.05, 3.63) is 30.1 Å². The summed E-state index contributed by atoms with van der Waals surface area (Å²) in [5.41, 5.74) is 2.14. The molecule has 2 aromatic rings. The zero-order valence-corrected chi connectivity index (χ0v) is 11.5. The Morgan fingerprint density at radius 1 is 1.42 bits per heavy atom. The van der Waals surface area contributed by atoms with Crippen molar-refractivity contribution < 1.29 is 9.90 Å². The zero-order valence-electron chi connectivity index (χ0n) is 11.5. The molecule has 1 atom stereocenters. The molecule has 19 heavy (non-hydrogen) atoms. The summed E-state index contributed by atoms with van der Waals surface area (Å²) >= 11 is 0. The molecule has 2 rings (SSSR count). The van der Waals surface area contributed by atoms with E-state index in [1.54, 1.807) is 6.92 Å². The Hall–Kier alpha value is -1.84. The fourth-order valence-electron chi connectivity index (χ4n) is 2.26. The molecule has 0 saturated heterocycles. The van der Waals surface area contributed by atoms with Crippen LogP contribution < -0.4 is 0 Å². The van der Waals surface area contributed by atoms with E-state index in [0.717, 1.165) is 29.8 Å². The van der Waals surface area contributed by atoms with Crippen LogP contribution in [-0.2, 0) is 17.8 Å². The van der Waals surface area contributed by atoms with Crippen LogP contribution in [0, 0.1) is 5.92 Å². The van der Waals surface area contributed by atoms with Gasteiger partial charge in [-0.25, -0.2) is 4.98 Å². The van der Waals surface area contributed by atoms with Crippen molar-refractivity contribution in [2.45, 2.75) is 39.7 Å². The second-order valence-corrected chi connectivity index (χ2v) is 4.95. The number of benzene rings is 1. The van der Waals surface area contributed by atoms with Gasteiger partial charge in [0.15, 0.2) is 0 Å². The average molecular weight is 260 g/mol. The van der Waals surface area contributed by atoms with E-state index in [0.29, 0.717) is 12.8 Å². The van der Waals surface area contributed by atoms with E-state index in [4.69, 9.17) is 5.11 Å². The van der Waals surface area contributed by atoms with E-state index < -0.39 is 5.97 Å². The summed E-state index contributed by atoms with van der Waals surface area (Å²) in [4.78, 5) is 15.5. The van der Waals surface area contributed by atoms with Crippen molar-refractivity contribution in [2.75, 3.05) is 0 Å². The third-order valence-electron chi connectivity index (χ3n) is 3.40. The minimum atomic E-state index is -0.738. The molecule has 0 fully saturated rings. The Morgan fingerprint density at radius 2 is 2.16 bits per heavy atom. The van der Waals surface area contributed by atoms with Gasteiger partial charge in [0.05, 0.1) is 17.0 Å². The molecule has 1 N–H and O–H groups in total. The van der Waals surface area contributed by atoms with Crippen LogP contribution in [0.3, 0.4) is 0 Å². The van der Waals surface area contributed by atoms with Gasteiger partial charge in [-0.2, -0.15) is 0 Å². The molecule has 0 aliphatic heterocycles. The maximum atomic E-state index is 10.9. The molecule has 102 valence electrons. The van der Waals surface area contributed by atoms with E-state index in [1.807, 2.05) is 18.2 Å². The molecule has 4 heteroatoms. The van der Waals surface area contributed by atoms with Crippen LogP contribution in [0.4, 0.5) is 0 Å². The molecule has 1 aromatic carbocycles. The first-order valence-electron chi connectivity index (χ1n) is 6.80. The summed E-state index contributed by atoms with van der Waals surface area (Å²) in [6, 6.07) is 8.07. The maximum absolute atomic E-state index is 10.9. The number of aliphatic carboxylic acids is 1. The molecular formula is C15H20N2O2.